The van der Waals surface area contributed by atoms with Gasteiger partial charge in [-0.15, -0.1) is 0 Å². The number of benzene rings is 1. The zero-order valence-electron chi connectivity index (χ0n) is 14.1. The summed E-state index contributed by atoms with van der Waals surface area (Å²) in [5.41, 5.74) is 0.987. The molecule has 1 fully saturated rings. The van der Waals surface area contributed by atoms with Crippen LogP contribution in [0.5, 0.6) is 11.5 Å². The molecule has 22 heavy (non-hydrogen) atoms. The van der Waals surface area contributed by atoms with E-state index in [0.29, 0.717) is 6.04 Å². The predicted molar refractivity (Wildman–Crippen MR) is 87.7 cm³/mol. The number of hydrogen-bond donors (Lipinski definition) is 1. The van der Waals surface area contributed by atoms with Gasteiger partial charge >= 0.3 is 0 Å². The summed E-state index contributed by atoms with van der Waals surface area (Å²) in [5, 5.41) is 9.97. The van der Waals surface area contributed by atoms with Crippen LogP contribution >= 0.6 is 0 Å². The van der Waals surface area contributed by atoms with E-state index in [1.165, 1.54) is 0 Å². The maximum atomic E-state index is 9.97. The SMILES string of the molecule is CCN1CCN(C(CO)c2cc(OC)ccc2OC)CC1C. The third-order valence-electron chi connectivity index (χ3n) is 4.61. The van der Waals surface area contributed by atoms with Gasteiger partial charge in [0, 0.05) is 31.2 Å². The van der Waals surface area contributed by atoms with E-state index in [9.17, 15) is 5.11 Å². The van der Waals surface area contributed by atoms with Crippen molar-refractivity contribution < 1.29 is 14.6 Å². The lowest BCUT2D eigenvalue weighted by Crippen LogP contribution is -2.53. The molecule has 0 aliphatic carbocycles. The molecule has 5 heteroatoms. The molecule has 1 aliphatic rings. The van der Waals surface area contributed by atoms with Gasteiger partial charge in [0.25, 0.3) is 0 Å². The second-order valence-corrected chi connectivity index (χ2v) is 5.78. The average molecular weight is 308 g/mol. The summed E-state index contributed by atoms with van der Waals surface area (Å²) in [5.74, 6) is 1.58. The Morgan fingerprint density at radius 1 is 1.27 bits per heavy atom. The molecule has 2 unspecified atom stereocenters. The molecule has 0 aromatic heterocycles. The molecule has 0 amide bonds. The molecule has 0 spiro atoms. The highest BCUT2D eigenvalue weighted by Gasteiger charge is 2.29. The van der Waals surface area contributed by atoms with Crippen molar-refractivity contribution in [3.05, 3.63) is 23.8 Å². The van der Waals surface area contributed by atoms with Crippen LogP contribution in [0.4, 0.5) is 0 Å². The molecule has 1 aromatic carbocycles. The Labute approximate surface area is 133 Å². The van der Waals surface area contributed by atoms with Gasteiger partial charge in [-0.05, 0) is 31.7 Å². The molecule has 5 nitrogen and oxygen atoms in total. The van der Waals surface area contributed by atoms with Crippen LogP contribution in [0.2, 0.25) is 0 Å². The minimum atomic E-state index is -0.0634. The molecule has 1 aromatic rings. The molecule has 1 saturated heterocycles. The van der Waals surface area contributed by atoms with Crippen molar-refractivity contribution >= 4 is 0 Å². The van der Waals surface area contributed by atoms with Gasteiger partial charge in [0.15, 0.2) is 0 Å². The van der Waals surface area contributed by atoms with Crippen molar-refractivity contribution in [2.45, 2.75) is 25.9 Å². The van der Waals surface area contributed by atoms with Crippen LogP contribution < -0.4 is 9.47 Å². The summed E-state index contributed by atoms with van der Waals surface area (Å²) >= 11 is 0. The van der Waals surface area contributed by atoms with E-state index < -0.39 is 0 Å². The van der Waals surface area contributed by atoms with E-state index in [4.69, 9.17) is 9.47 Å². The third-order valence-corrected chi connectivity index (χ3v) is 4.61. The lowest BCUT2D eigenvalue weighted by atomic mass is 10.0. The molecule has 0 saturated carbocycles. The summed E-state index contributed by atoms with van der Waals surface area (Å²) in [6, 6.07) is 6.18. The van der Waals surface area contributed by atoms with Crippen molar-refractivity contribution in [2.75, 3.05) is 47.0 Å². The summed E-state index contributed by atoms with van der Waals surface area (Å²) in [6.45, 7) is 8.50. The van der Waals surface area contributed by atoms with Gasteiger partial charge in [0.1, 0.15) is 11.5 Å². The first kappa shape index (κ1) is 17.1. The number of aliphatic hydroxyl groups is 1. The Bertz CT molecular complexity index is 481. The number of nitrogens with zero attached hydrogens (tertiary/aromatic N) is 2. The lowest BCUT2D eigenvalue weighted by Gasteiger charge is -2.42. The Hall–Kier alpha value is -1.30. The molecule has 2 atom stereocenters. The predicted octanol–water partition coefficient (Wildman–Crippen LogP) is 1.76. The zero-order chi connectivity index (χ0) is 16.1. The lowest BCUT2D eigenvalue weighted by molar-refractivity contribution is 0.0358. The van der Waals surface area contributed by atoms with Crippen molar-refractivity contribution in [3.63, 3.8) is 0 Å². The number of rotatable bonds is 6. The van der Waals surface area contributed by atoms with Crippen LogP contribution in [0, 0.1) is 0 Å². The number of aliphatic hydroxyl groups excluding tert-OH is 1. The van der Waals surface area contributed by atoms with Gasteiger partial charge in [0.05, 0.1) is 26.9 Å². The maximum Gasteiger partial charge on any atom is 0.124 e. The van der Waals surface area contributed by atoms with Gasteiger partial charge in [-0.25, -0.2) is 0 Å². The Morgan fingerprint density at radius 2 is 2.05 bits per heavy atom. The minimum Gasteiger partial charge on any atom is -0.497 e. The highest BCUT2D eigenvalue weighted by molar-refractivity contribution is 5.42. The van der Waals surface area contributed by atoms with E-state index in [1.807, 2.05) is 18.2 Å². The van der Waals surface area contributed by atoms with Gasteiger partial charge in [0.2, 0.25) is 0 Å². The smallest absolute Gasteiger partial charge is 0.124 e. The minimum absolute atomic E-state index is 0.0634. The van der Waals surface area contributed by atoms with Crippen LogP contribution in [0.15, 0.2) is 18.2 Å². The normalized spacial score (nSPS) is 21.6. The monoisotopic (exact) mass is 308 g/mol. The van der Waals surface area contributed by atoms with Gasteiger partial charge in [-0.2, -0.15) is 0 Å². The van der Waals surface area contributed by atoms with Crippen LogP contribution in [0.25, 0.3) is 0 Å². The Morgan fingerprint density at radius 3 is 2.59 bits per heavy atom. The number of likely N-dealkylation sites (N-methyl/N-ethyl adjacent to an activating group) is 1. The summed E-state index contributed by atoms with van der Waals surface area (Å²) in [4.78, 5) is 4.81. The van der Waals surface area contributed by atoms with E-state index in [1.54, 1.807) is 14.2 Å². The Balaban J connectivity index is 2.24. The molecular weight excluding hydrogens is 280 g/mol. The first-order valence-corrected chi connectivity index (χ1v) is 7.95. The fraction of sp³-hybridized carbons (Fsp3) is 0.647. The van der Waals surface area contributed by atoms with Crippen LogP contribution in [-0.4, -0.2) is 68.0 Å². The molecule has 0 bridgehead atoms. The van der Waals surface area contributed by atoms with Gasteiger partial charge < -0.3 is 14.6 Å². The van der Waals surface area contributed by atoms with Gasteiger partial charge in [-0.3, -0.25) is 9.80 Å². The van der Waals surface area contributed by atoms with E-state index in [2.05, 4.69) is 23.6 Å². The molecule has 1 heterocycles. The van der Waals surface area contributed by atoms with Crippen molar-refractivity contribution in [1.82, 2.24) is 9.80 Å². The number of piperazine rings is 1. The number of hydrogen-bond acceptors (Lipinski definition) is 5. The number of ether oxygens (including phenoxy) is 2. The Kier molecular flexibility index (Phi) is 6.06. The quantitative estimate of drug-likeness (QED) is 0.868. The van der Waals surface area contributed by atoms with Crippen LogP contribution in [0.1, 0.15) is 25.5 Å². The second kappa shape index (κ2) is 7.81. The summed E-state index contributed by atoms with van der Waals surface area (Å²) < 4.78 is 10.8. The molecule has 0 radical (unpaired) electrons. The van der Waals surface area contributed by atoms with Crippen LogP contribution in [0.3, 0.4) is 0 Å². The third kappa shape index (κ3) is 3.54. The zero-order valence-corrected chi connectivity index (χ0v) is 14.1. The maximum absolute atomic E-state index is 9.97. The first-order chi connectivity index (χ1) is 10.6. The number of methoxy groups -OCH3 is 2. The van der Waals surface area contributed by atoms with E-state index >= 15 is 0 Å². The average Bonchev–Trinajstić information content (AvgIpc) is 2.55. The van der Waals surface area contributed by atoms with Crippen molar-refractivity contribution in [3.8, 4) is 11.5 Å². The van der Waals surface area contributed by atoms with E-state index in [0.717, 1.165) is 43.2 Å². The van der Waals surface area contributed by atoms with E-state index in [-0.39, 0.29) is 12.6 Å². The van der Waals surface area contributed by atoms with Crippen LogP contribution in [-0.2, 0) is 0 Å². The molecular formula is C17H28N2O3. The van der Waals surface area contributed by atoms with Crippen molar-refractivity contribution in [1.29, 1.82) is 0 Å². The molecule has 1 aliphatic heterocycles. The highest BCUT2D eigenvalue weighted by Crippen LogP contribution is 2.33. The summed E-state index contributed by atoms with van der Waals surface area (Å²) in [6.07, 6.45) is 0. The fourth-order valence-corrected chi connectivity index (χ4v) is 3.29. The molecule has 124 valence electrons. The molecule has 1 N–H and O–H groups in total. The largest absolute Gasteiger partial charge is 0.497 e. The standard InChI is InChI=1S/C17H28N2O3/c1-5-18-8-9-19(11-13(18)2)16(12-20)15-10-14(21-3)6-7-17(15)22-4/h6-7,10,13,16,20H,5,8-9,11-12H2,1-4H3. The second-order valence-electron chi connectivity index (χ2n) is 5.78. The highest BCUT2D eigenvalue weighted by atomic mass is 16.5. The molecule has 2 rings (SSSR count). The van der Waals surface area contributed by atoms with Gasteiger partial charge in [-0.1, -0.05) is 6.92 Å². The topological polar surface area (TPSA) is 45.2 Å². The fourth-order valence-electron chi connectivity index (χ4n) is 3.29. The van der Waals surface area contributed by atoms with Crippen molar-refractivity contribution in [2.24, 2.45) is 0 Å². The summed E-state index contributed by atoms with van der Waals surface area (Å²) in [7, 11) is 3.32. The first-order valence-electron chi connectivity index (χ1n) is 7.95.